The molecular formula is C24H19ClN4O. The van der Waals surface area contributed by atoms with Crippen LogP contribution in [0.5, 0.6) is 0 Å². The molecule has 1 aromatic heterocycles. The molecule has 6 heteroatoms. The molecular weight excluding hydrogens is 396 g/mol. The fraction of sp³-hybridized carbons (Fsp3) is 0.0417. The highest BCUT2D eigenvalue weighted by Crippen LogP contribution is 2.19. The van der Waals surface area contributed by atoms with Gasteiger partial charge in [-0.25, -0.2) is 9.97 Å². The third kappa shape index (κ3) is 5.01. The van der Waals surface area contributed by atoms with Gasteiger partial charge < -0.3 is 10.6 Å². The van der Waals surface area contributed by atoms with Gasteiger partial charge in [0.1, 0.15) is 5.82 Å². The summed E-state index contributed by atoms with van der Waals surface area (Å²) < 4.78 is 0. The van der Waals surface area contributed by atoms with E-state index >= 15 is 0 Å². The largest absolute Gasteiger partial charge is 0.348 e. The lowest BCUT2D eigenvalue weighted by atomic mass is 10.1. The fourth-order valence-corrected chi connectivity index (χ4v) is 3.02. The summed E-state index contributed by atoms with van der Waals surface area (Å²) in [6.45, 7) is 0.444. The average molecular weight is 415 g/mol. The zero-order valence-corrected chi connectivity index (χ0v) is 16.8. The van der Waals surface area contributed by atoms with Crippen molar-refractivity contribution in [1.29, 1.82) is 0 Å². The summed E-state index contributed by atoms with van der Waals surface area (Å²) in [5, 5.41) is 6.83. The summed E-state index contributed by atoms with van der Waals surface area (Å²) in [5.41, 5.74) is 3.36. The lowest BCUT2D eigenvalue weighted by Gasteiger charge is -2.09. The van der Waals surface area contributed by atoms with E-state index < -0.39 is 0 Å². The highest BCUT2D eigenvalue weighted by Gasteiger charge is 2.07. The van der Waals surface area contributed by atoms with Crippen molar-refractivity contribution in [3.05, 3.63) is 107 Å². The molecule has 0 spiro atoms. The molecule has 0 unspecified atom stereocenters. The van der Waals surface area contributed by atoms with Gasteiger partial charge in [-0.15, -0.1) is 0 Å². The third-order valence-corrected chi connectivity index (χ3v) is 4.73. The van der Waals surface area contributed by atoms with Crippen molar-refractivity contribution >= 4 is 29.0 Å². The second-order valence-corrected chi connectivity index (χ2v) is 7.08. The minimum atomic E-state index is -0.134. The van der Waals surface area contributed by atoms with Gasteiger partial charge in [0.2, 0.25) is 0 Å². The van der Waals surface area contributed by atoms with Gasteiger partial charge in [0, 0.05) is 34.6 Å². The zero-order valence-electron chi connectivity index (χ0n) is 16.0. The lowest BCUT2D eigenvalue weighted by molar-refractivity contribution is 0.0951. The summed E-state index contributed by atoms with van der Waals surface area (Å²) in [4.78, 5) is 21.3. The van der Waals surface area contributed by atoms with Gasteiger partial charge >= 0.3 is 0 Å². The standard InChI is InChI=1S/C24H19ClN4O/c25-20-10-6-17(7-11-20)16-27-24(30)19-8-12-21(13-9-19)28-22-14-15-26-23(29-22)18-4-2-1-3-5-18/h1-15H,16H2,(H,27,30)(H,26,28,29). The van der Waals surface area contributed by atoms with E-state index in [0.717, 1.165) is 16.8 Å². The quantitative estimate of drug-likeness (QED) is 0.439. The number of carbonyl (C=O) groups is 1. The Hall–Kier alpha value is -3.70. The van der Waals surface area contributed by atoms with Crippen LogP contribution < -0.4 is 10.6 Å². The van der Waals surface area contributed by atoms with Crippen molar-refractivity contribution in [1.82, 2.24) is 15.3 Å². The molecule has 0 atom stereocenters. The van der Waals surface area contributed by atoms with Gasteiger partial charge in [-0.1, -0.05) is 54.1 Å². The number of amides is 1. The molecule has 3 aromatic carbocycles. The van der Waals surface area contributed by atoms with Crippen LogP contribution in [0.15, 0.2) is 91.1 Å². The van der Waals surface area contributed by atoms with Crippen LogP contribution in [0.4, 0.5) is 11.5 Å². The molecule has 1 heterocycles. The van der Waals surface area contributed by atoms with E-state index in [2.05, 4.69) is 20.6 Å². The third-order valence-electron chi connectivity index (χ3n) is 4.47. The molecule has 0 aliphatic rings. The van der Waals surface area contributed by atoms with Gasteiger partial charge in [0.05, 0.1) is 0 Å². The zero-order chi connectivity index (χ0) is 20.8. The van der Waals surface area contributed by atoms with Crippen LogP contribution in [0.1, 0.15) is 15.9 Å². The molecule has 4 rings (SSSR count). The van der Waals surface area contributed by atoms with E-state index in [9.17, 15) is 4.79 Å². The Balaban J connectivity index is 1.39. The predicted octanol–water partition coefficient (Wildman–Crippen LogP) is 5.47. The Morgan fingerprint density at radius 3 is 2.33 bits per heavy atom. The summed E-state index contributed by atoms with van der Waals surface area (Å²) in [6.07, 6.45) is 1.72. The Morgan fingerprint density at radius 1 is 0.867 bits per heavy atom. The van der Waals surface area contributed by atoms with Gasteiger partial charge in [-0.2, -0.15) is 0 Å². The van der Waals surface area contributed by atoms with Crippen molar-refractivity contribution in [2.24, 2.45) is 0 Å². The number of nitrogens with one attached hydrogen (secondary N) is 2. The second-order valence-electron chi connectivity index (χ2n) is 6.64. The lowest BCUT2D eigenvalue weighted by Crippen LogP contribution is -2.22. The maximum absolute atomic E-state index is 12.4. The van der Waals surface area contributed by atoms with Gasteiger partial charge in [-0.3, -0.25) is 4.79 Å². The Kier molecular flexibility index (Phi) is 6.01. The van der Waals surface area contributed by atoms with Crippen LogP contribution in [-0.4, -0.2) is 15.9 Å². The van der Waals surface area contributed by atoms with Crippen LogP contribution in [0.2, 0.25) is 5.02 Å². The summed E-state index contributed by atoms with van der Waals surface area (Å²) in [7, 11) is 0. The minimum absolute atomic E-state index is 0.134. The highest BCUT2D eigenvalue weighted by molar-refractivity contribution is 6.30. The Labute approximate surface area is 179 Å². The van der Waals surface area contributed by atoms with Crippen LogP contribution in [0, 0.1) is 0 Å². The molecule has 0 radical (unpaired) electrons. The van der Waals surface area contributed by atoms with Crippen LogP contribution in [0.25, 0.3) is 11.4 Å². The van der Waals surface area contributed by atoms with E-state index in [1.54, 1.807) is 36.5 Å². The molecule has 148 valence electrons. The van der Waals surface area contributed by atoms with Crippen molar-refractivity contribution in [3.8, 4) is 11.4 Å². The van der Waals surface area contributed by atoms with E-state index in [-0.39, 0.29) is 5.91 Å². The molecule has 30 heavy (non-hydrogen) atoms. The monoisotopic (exact) mass is 414 g/mol. The van der Waals surface area contributed by atoms with Crippen LogP contribution >= 0.6 is 11.6 Å². The average Bonchev–Trinajstić information content (AvgIpc) is 2.80. The normalized spacial score (nSPS) is 10.4. The predicted molar refractivity (Wildman–Crippen MR) is 120 cm³/mol. The number of aromatic nitrogens is 2. The molecule has 1 amide bonds. The van der Waals surface area contributed by atoms with Crippen molar-refractivity contribution in [3.63, 3.8) is 0 Å². The highest BCUT2D eigenvalue weighted by atomic mass is 35.5. The summed E-state index contributed by atoms with van der Waals surface area (Å²) in [5.74, 6) is 1.20. The first kappa shape index (κ1) is 19.6. The van der Waals surface area contributed by atoms with Crippen molar-refractivity contribution in [2.45, 2.75) is 6.54 Å². The smallest absolute Gasteiger partial charge is 0.251 e. The van der Waals surface area contributed by atoms with Crippen molar-refractivity contribution in [2.75, 3.05) is 5.32 Å². The summed E-state index contributed by atoms with van der Waals surface area (Å²) in [6, 6.07) is 26.2. The Bertz CT molecular complexity index is 1130. The molecule has 0 saturated heterocycles. The molecule has 0 fully saturated rings. The van der Waals surface area contributed by atoms with Crippen LogP contribution in [-0.2, 0) is 6.54 Å². The summed E-state index contributed by atoms with van der Waals surface area (Å²) >= 11 is 5.88. The molecule has 2 N–H and O–H groups in total. The van der Waals surface area contributed by atoms with Gasteiger partial charge in [0.15, 0.2) is 5.82 Å². The molecule has 0 aliphatic carbocycles. The Morgan fingerprint density at radius 2 is 1.60 bits per heavy atom. The maximum atomic E-state index is 12.4. The van der Waals surface area contributed by atoms with E-state index in [4.69, 9.17) is 11.6 Å². The molecule has 5 nitrogen and oxygen atoms in total. The second kappa shape index (κ2) is 9.20. The number of carbonyl (C=O) groups excluding carboxylic acids is 1. The van der Waals surface area contributed by atoms with Crippen molar-refractivity contribution < 1.29 is 4.79 Å². The molecule has 4 aromatic rings. The van der Waals surface area contributed by atoms with Gasteiger partial charge in [0.25, 0.3) is 5.91 Å². The first-order valence-corrected chi connectivity index (χ1v) is 9.83. The number of anilines is 2. The number of halogens is 1. The first-order chi connectivity index (χ1) is 14.7. The number of hydrogen-bond acceptors (Lipinski definition) is 4. The van der Waals surface area contributed by atoms with E-state index in [1.807, 2.05) is 54.6 Å². The minimum Gasteiger partial charge on any atom is -0.348 e. The maximum Gasteiger partial charge on any atom is 0.251 e. The molecule has 0 saturated carbocycles. The fourth-order valence-electron chi connectivity index (χ4n) is 2.89. The van der Waals surface area contributed by atoms with E-state index in [0.29, 0.717) is 28.8 Å². The topological polar surface area (TPSA) is 66.9 Å². The van der Waals surface area contributed by atoms with Gasteiger partial charge in [-0.05, 0) is 48.0 Å². The number of nitrogens with zero attached hydrogens (tertiary/aromatic N) is 2. The number of rotatable bonds is 6. The molecule has 0 bridgehead atoms. The molecule has 0 aliphatic heterocycles. The van der Waals surface area contributed by atoms with Crippen LogP contribution in [0.3, 0.4) is 0 Å². The first-order valence-electron chi connectivity index (χ1n) is 9.45. The number of benzene rings is 3. The number of hydrogen-bond donors (Lipinski definition) is 2. The SMILES string of the molecule is O=C(NCc1ccc(Cl)cc1)c1ccc(Nc2ccnc(-c3ccccc3)n2)cc1. The van der Waals surface area contributed by atoms with E-state index in [1.165, 1.54) is 0 Å².